The third kappa shape index (κ3) is 4.06. The molecule has 2 heterocycles. The summed E-state index contributed by atoms with van der Waals surface area (Å²) in [5.74, 6) is 2.01. The molecule has 1 amide bonds. The molecule has 8 nitrogen and oxygen atoms in total. The van der Waals surface area contributed by atoms with Gasteiger partial charge in [0.25, 0.3) is 5.56 Å². The largest absolute Gasteiger partial charge is 0.493 e. The molecule has 29 heavy (non-hydrogen) atoms. The van der Waals surface area contributed by atoms with Crippen LogP contribution in [0.3, 0.4) is 0 Å². The van der Waals surface area contributed by atoms with Crippen LogP contribution in [-0.4, -0.2) is 48.6 Å². The summed E-state index contributed by atoms with van der Waals surface area (Å²) in [4.78, 5) is 34.4. The zero-order valence-corrected chi connectivity index (χ0v) is 17.5. The lowest BCUT2D eigenvalue weighted by atomic mass is 10.1. The van der Waals surface area contributed by atoms with Gasteiger partial charge in [-0.15, -0.1) is 0 Å². The van der Waals surface area contributed by atoms with Gasteiger partial charge >= 0.3 is 0 Å². The Balaban J connectivity index is 1.86. The molecule has 156 valence electrons. The summed E-state index contributed by atoms with van der Waals surface area (Å²) in [6, 6.07) is 3.33. The van der Waals surface area contributed by atoms with Gasteiger partial charge < -0.3 is 24.1 Å². The number of aromatic amines is 1. The molecular formula is C21H27N3O5. The van der Waals surface area contributed by atoms with E-state index in [0.29, 0.717) is 40.9 Å². The van der Waals surface area contributed by atoms with Crippen LogP contribution in [-0.2, 0) is 11.2 Å². The molecule has 1 aromatic carbocycles. The van der Waals surface area contributed by atoms with Crippen molar-refractivity contribution in [2.45, 2.75) is 39.2 Å². The fraction of sp³-hybridized carbons (Fsp3) is 0.476. The highest BCUT2D eigenvalue weighted by molar-refractivity contribution is 5.80. The second kappa shape index (κ2) is 8.55. The lowest BCUT2D eigenvalue weighted by Gasteiger charge is -2.24. The summed E-state index contributed by atoms with van der Waals surface area (Å²) < 4.78 is 16.1. The number of rotatable bonds is 6. The van der Waals surface area contributed by atoms with Crippen LogP contribution in [0.4, 0.5) is 0 Å². The molecule has 1 fully saturated rings. The summed E-state index contributed by atoms with van der Waals surface area (Å²) in [6.07, 6.45) is 1.82. The van der Waals surface area contributed by atoms with E-state index >= 15 is 0 Å². The zero-order chi connectivity index (χ0) is 21.1. The molecule has 1 N–H and O–H groups in total. The number of carbonyl (C=O) groups excluding carboxylic acids is 1. The van der Waals surface area contributed by atoms with Crippen molar-refractivity contribution in [3.63, 3.8) is 0 Å². The van der Waals surface area contributed by atoms with Gasteiger partial charge in [-0.2, -0.15) is 0 Å². The summed E-state index contributed by atoms with van der Waals surface area (Å²) >= 11 is 0. The number of hydrogen-bond donors (Lipinski definition) is 1. The fourth-order valence-corrected chi connectivity index (χ4v) is 3.69. The molecule has 1 atom stereocenters. The Morgan fingerprint density at radius 1 is 1.17 bits per heavy atom. The maximum Gasteiger partial charge on any atom is 0.254 e. The van der Waals surface area contributed by atoms with Crippen molar-refractivity contribution in [1.82, 2.24) is 14.9 Å². The number of benzene rings is 1. The molecule has 0 bridgehead atoms. The molecular weight excluding hydrogens is 374 g/mol. The van der Waals surface area contributed by atoms with Gasteiger partial charge in [0.05, 0.1) is 33.8 Å². The van der Waals surface area contributed by atoms with E-state index in [0.717, 1.165) is 18.4 Å². The van der Waals surface area contributed by atoms with E-state index in [4.69, 9.17) is 14.2 Å². The third-order valence-corrected chi connectivity index (χ3v) is 5.38. The van der Waals surface area contributed by atoms with E-state index in [2.05, 4.69) is 9.97 Å². The van der Waals surface area contributed by atoms with Crippen LogP contribution in [0, 0.1) is 13.8 Å². The van der Waals surface area contributed by atoms with Crippen LogP contribution < -0.4 is 19.8 Å². The highest BCUT2D eigenvalue weighted by Crippen LogP contribution is 2.39. The Morgan fingerprint density at radius 2 is 1.83 bits per heavy atom. The van der Waals surface area contributed by atoms with Crippen molar-refractivity contribution in [3.8, 4) is 17.2 Å². The van der Waals surface area contributed by atoms with Crippen molar-refractivity contribution in [3.05, 3.63) is 45.1 Å². The number of aryl methyl sites for hydroxylation is 1. The van der Waals surface area contributed by atoms with Crippen molar-refractivity contribution in [2.75, 3.05) is 27.9 Å². The van der Waals surface area contributed by atoms with Gasteiger partial charge in [-0.3, -0.25) is 9.59 Å². The first-order chi connectivity index (χ1) is 13.9. The molecule has 0 spiro atoms. The molecule has 3 rings (SSSR count). The molecule has 1 aromatic heterocycles. The maximum absolute atomic E-state index is 13.1. The Morgan fingerprint density at radius 3 is 2.38 bits per heavy atom. The van der Waals surface area contributed by atoms with Crippen molar-refractivity contribution in [1.29, 1.82) is 0 Å². The molecule has 1 saturated heterocycles. The summed E-state index contributed by atoms with van der Waals surface area (Å²) in [5, 5.41) is 0. The van der Waals surface area contributed by atoms with E-state index < -0.39 is 0 Å². The van der Waals surface area contributed by atoms with Gasteiger partial charge in [-0.25, -0.2) is 4.98 Å². The number of carbonyl (C=O) groups is 1. The smallest absolute Gasteiger partial charge is 0.254 e. The average Bonchev–Trinajstić information content (AvgIpc) is 3.20. The number of nitrogens with zero attached hydrogens (tertiary/aromatic N) is 2. The predicted molar refractivity (Wildman–Crippen MR) is 108 cm³/mol. The number of nitrogens with one attached hydrogen (secondary N) is 1. The summed E-state index contributed by atoms with van der Waals surface area (Å²) in [5.41, 5.74) is 1.89. The minimum atomic E-state index is -0.225. The second-order valence-electron chi connectivity index (χ2n) is 7.12. The van der Waals surface area contributed by atoms with Crippen LogP contribution in [0.25, 0.3) is 0 Å². The first-order valence-electron chi connectivity index (χ1n) is 9.55. The van der Waals surface area contributed by atoms with Gasteiger partial charge in [0, 0.05) is 17.8 Å². The third-order valence-electron chi connectivity index (χ3n) is 5.38. The molecule has 8 heteroatoms. The monoisotopic (exact) mass is 401 g/mol. The van der Waals surface area contributed by atoms with E-state index in [1.807, 2.05) is 6.92 Å². The molecule has 2 aromatic rings. The van der Waals surface area contributed by atoms with E-state index in [-0.39, 0.29) is 23.9 Å². The number of hydrogen-bond acceptors (Lipinski definition) is 6. The Bertz CT molecular complexity index is 944. The van der Waals surface area contributed by atoms with Gasteiger partial charge in [-0.05, 0) is 44.4 Å². The fourth-order valence-electron chi connectivity index (χ4n) is 3.69. The van der Waals surface area contributed by atoms with E-state index in [9.17, 15) is 9.59 Å². The zero-order valence-electron chi connectivity index (χ0n) is 17.5. The minimum absolute atomic E-state index is 0.0392. The van der Waals surface area contributed by atoms with Gasteiger partial charge in [0.15, 0.2) is 11.5 Å². The maximum atomic E-state index is 13.1. The van der Waals surface area contributed by atoms with Gasteiger partial charge in [-0.1, -0.05) is 0 Å². The van der Waals surface area contributed by atoms with Crippen LogP contribution in [0.2, 0.25) is 0 Å². The normalized spacial score (nSPS) is 16.0. The number of aromatic nitrogens is 2. The Hall–Kier alpha value is -3.03. The van der Waals surface area contributed by atoms with Crippen molar-refractivity contribution in [2.24, 2.45) is 0 Å². The minimum Gasteiger partial charge on any atom is -0.493 e. The lowest BCUT2D eigenvalue weighted by Crippen LogP contribution is -2.34. The Kier molecular flexibility index (Phi) is 6.10. The lowest BCUT2D eigenvalue weighted by molar-refractivity contribution is -0.131. The SMILES string of the molecule is COc1cc(CC(=O)N2CCC[C@@H]2c2nc(C)c(C)c(=O)[nH]2)cc(OC)c1OC. The van der Waals surface area contributed by atoms with Crippen LogP contribution >= 0.6 is 0 Å². The number of amides is 1. The van der Waals surface area contributed by atoms with Crippen LogP contribution in [0.15, 0.2) is 16.9 Å². The van der Waals surface area contributed by atoms with E-state index in [1.54, 1.807) is 38.2 Å². The van der Waals surface area contributed by atoms with Crippen LogP contribution in [0.5, 0.6) is 17.2 Å². The van der Waals surface area contributed by atoms with Crippen LogP contribution in [0.1, 0.15) is 41.5 Å². The second-order valence-corrected chi connectivity index (χ2v) is 7.12. The number of likely N-dealkylation sites (tertiary alicyclic amines) is 1. The first-order valence-corrected chi connectivity index (χ1v) is 9.55. The molecule has 0 saturated carbocycles. The molecule has 0 unspecified atom stereocenters. The van der Waals surface area contributed by atoms with Crippen molar-refractivity contribution >= 4 is 5.91 Å². The highest BCUT2D eigenvalue weighted by Gasteiger charge is 2.32. The molecule has 0 radical (unpaired) electrons. The van der Waals surface area contributed by atoms with Gasteiger partial charge in [0.1, 0.15) is 5.82 Å². The van der Waals surface area contributed by atoms with Gasteiger partial charge in [0.2, 0.25) is 11.7 Å². The standard InChI is InChI=1S/C21H27N3O5/c1-12-13(2)22-20(23-21(12)26)15-7-6-8-24(15)18(25)11-14-9-16(27-3)19(29-5)17(10-14)28-4/h9-10,15H,6-8,11H2,1-5H3,(H,22,23,26)/t15-/m1/s1. The summed E-state index contributed by atoms with van der Waals surface area (Å²) in [7, 11) is 4.62. The topological polar surface area (TPSA) is 93.8 Å². The number of H-pyrrole nitrogens is 1. The molecule has 0 aliphatic carbocycles. The van der Waals surface area contributed by atoms with E-state index in [1.165, 1.54) is 7.11 Å². The Labute approximate surface area is 169 Å². The molecule has 1 aliphatic rings. The first kappa shape index (κ1) is 20.7. The average molecular weight is 401 g/mol. The quantitative estimate of drug-likeness (QED) is 0.798. The summed E-state index contributed by atoms with van der Waals surface area (Å²) in [6.45, 7) is 4.18. The molecule has 1 aliphatic heterocycles. The highest BCUT2D eigenvalue weighted by atomic mass is 16.5. The predicted octanol–water partition coefficient (Wildman–Crippen LogP) is 2.32. The number of ether oxygens (including phenoxy) is 3. The number of methoxy groups -OCH3 is 3. The van der Waals surface area contributed by atoms with Crippen molar-refractivity contribution < 1.29 is 19.0 Å².